The first kappa shape index (κ1) is 39.6. The van der Waals surface area contributed by atoms with Crippen LogP contribution in [0.1, 0.15) is 35.4 Å². The van der Waals surface area contributed by atoms with Crippen molar-refractivity contribution in [3.8, 4) is 5.75 Å². The molecule has 1 saturated carbocycles. The number of phenolic OH excluding ortho intramolecular Hbond substituents is 1. The molecule has 4 aliphatic rings. The van der Waals surface area contributed by atoms with E-state index in [1.165, 1.54) is 36.4 Å². The molecule has 7 nitrogen and oxygen atoms in total. The van der Waals surface area contributed by atoms with E-state index >= 15 is 8.78 Å². The van der Waals surface area contributed by atoms with Crippen LogP contribution in [0.15, 0.2) is 66.2 Å². The topological polar surface area (TPSA) is 95.0 Å². The van der Waals surface area contributed by atoms with Gasteiger partial charge in [0.05, 0.1) is 28.7 Å². The number of hydrogen-bond donors (Lipinski definition) is 1. The highest BCUT2D eigenvalue weighted by atomic mass is 35.5. The van der Waals surface area contributed by atoms with Gasteiger partial charge in [0.25, 0.3) is 11.8 Å². The second kappa shape index (κ2) is 12.6. The molecule has 4 aromatic rings. The van der Waals surface area contributed by atoms with Crippen LogP contribution in [0.25, 0.3) is 10.8 Å². The van der Waals surface area contributed by atoms with Crippen LogP contribution in [0.5, 0.6) is 5.75 Å². The Kier molecular flexibility index (Phi) is 8.62. The van der Waals surface area contributed by atoms with Crippen molar-refractivity contribution in [1.29, 1.82) is 0 Å². The van der Waals surface area contributed by atoms with Crippen LogP contribution in [-0.4, -0.2) is 38.5 Å². The van der Waals surface area contributed by atoms with E-state index in [1.54, 1.807) is 0 Å². The summed E-state index contributed by atoms with van der Waals surface area (Å²) in [4.78, 5) is 51.1. The Balaban J connectivity index is 1.34. The average Bonchev–Trinajstić information content (AvgIpc) is 3.50. The average molecular weight is 863 g/mol. The molecule has 8 rings (SSSR count). The molecule has 0 bridgehead atoms. The molecule has 2 heterocycles. The lowest BCUT2D eigenvalue weighted by molar-refractivity contribution is -0.143. The van der Waals surface area contributed by atoms with Gasteiger partial charge in [0.2, 0.25) is 17.6 Å². The molecule has 6 atom stereocenters. The van der Waals surface area contributed by atoms with Gasteiger partial charge in [-0.2, -0.15) is 26.3 Å². The van der Waals surface area contributed by atoms with E-state index in [0.29, 0.717) is 0 Å². The van der Waals surface area contributed by atoms with Crippen LogP contribution in [0.2, 0.25) is 0 Å². The fourth-order valence-corrected chi connectivity index (χ4v) is 9.72. The Morgan fingerprint density at radius 3 is 1.79 bits per heavy atom. The maximum Gasteiger partial charge on any atom is 0.416 e. The summed E-state index contributed by atoms with van der Waals surface area (Å²) in [6, 6.07) is 8.25. The van der Waals surface area contributed by atoms with Gasteiger partial charge < -0.3 is 5.11 Å². The van der Waals surface area contributed by atoms with Crippen molar-refractivity contribution in [3.05, 3.63) is 112 Å². The molecule has 4 amide bonds. The second-order valence-corrected chi connectivity index (χ2v) is 15.4. The molecule has 0 aromatic heterocycles. The van der Waals surface area contributed by atoms with Crippen LogP contribution >= 0.6 is 23.2 Å². The van der Waals surface area contributed by atoms with Crippen LogP contribution in [-0.2, 0) is 31.5 Å². The van der Waals surface area contributed by atoms with Gasteiger partial charge in [0.1, 0.15) is 11.4 Å². The summed E-state index contributed by atoms with van der Waals surface area (Å²) in [6.45, 7) is 0. The number of carbonyl (C=O) groups excluding carboxylic acids is 4. The Morgan fingerprint density at radius 1 is 0.672 bits per heavy atom. The largest absolute Gasteiger partial charge is 0.507 e. The highest BCUT2D eigenvalue weighted by molar-refractivity contribution is 6.58. The van der Waals surface area contributed by atoms with Crippen molar-refractivity contribution < 1.29 is 72.6 Å². The monoisotopic (exact) mass is 862 g/mol. The molecule has 20 heteroatoms. The summed E-state index contributed by atoms with van der Waals surface area (Å²) in [5.41, 5.74) is -6.91. The summed E-state index contributed by atoms with van der Waals surface area (Å²) in [5.74, 6) is -26.1. The first-order valence-corrected chi connectivity index (χ1v) is 17.6. The van der Waals surface area contributed by atoms with Gasteiger partial charge in [0.15, 0.2) is 33.0 Å². The molecule has 6 unspecified atom stereocenters. The number of benzene rings is 4. The Bertz CT molecular complexity index is 2540. The van der Waals surface area contributed by atoms with E-state index in [1.807, 2.05) is 0 Å². The van der Waals surface area contributed by atoms with Crippen LogP contribution in [0, 0.1) is 46.8 Å². The predicted octanol–water partition coefficient (Wildman–Crippen LogP) is 9.05. The van der Waals surface area contributed by atoms with Crippen LogP contribution in [0.4, 0.5) is 59.7 Å². The molecule has 1 N–H and O–H groups in total. The van der Waals surface area contributed by atoms with Gasteiger partial charge in [-0.3, -0.25) is 19.2 Å². The Hall–Kier alpha value is -5.23. The number of imide groups is 2. The molecule has 2 saturated heterocycles. The fourth-order valence-electron chi connectivity index (χ4n) is 8.79. The number of allylic oxidation sites excluding steroid dienone is 2. The van der Waals surface area contributed by atoms with E-state index in [-0.39, 0.29) is 50.8 Å². The highest BCUT2D eigenvalue weighted by Gasteiger charge is 2.77. The Labute approximate surface area is 327 Å². The lowest BCUT2D eigenvalue weighted by atomic mass is 9.56. The van der Waals surface area contributed by atoms with E-state index in [9.17, 15) is 63.8 Å². The first-order valence-electron chi connectivity index (χ1n) is 16.8. The van der Waals surface area contributed by atoms with Crippen molar-refractivity contribution in [3.63, 3.8) is 0 Å². The second-order valence-electron chi connectivity index (χ2n) is 14.2. The molecule has 2 aliphatic heterocycles. The third kappa shape index (κ3) is 5.18. The number of alkyl halides is 8. The third-order valence-electron chi connectivity index (χ3n) is 11.3. The number of fused-ring (bicyclic) bond motifs is 5. The summed E-state index contributed by atoms with van der Waals surface area (Å²) in [7, 11) is 0. The molecule has 0 spiro atoms. The minimum Gasteiger partial charge on any atom is -0.507 e. The number of nitrogens with zero attached hydrogens (tertiary/aromatic N) is 2. The zero-order chi connectivity index (χ0) is 42.3. The molecule has 302 valence electrons. The minimum atomic E-state index is -5.38. The van der Waals surface area contributed by atoms with Crippen molar-refractivity contribution in [2.75, 3.05) is 9.80 Å². The van der Waals surface area contributed by atoms with Crippen molar-refractivity contribution >= 4 is 69.0 Å². The number of carbonyl (C=O) groups is 4. The van der Waals surface area contributed by atoms with Gasteiger partial charge >= 0.3 is 12.4 Å². The number of amides is 4. The quantitative estimate of drug-likeness (QED) is 0.0555. The predicted molar refractivity (Wildman–Crippen MR) is 181 cm³/mol. The van der Waals surface area contributed by atoms with Crippen molar-refractivity contribution in [2.24, 2.45) is 17.8 Å². The number of aromatic hydroxyl groups is 1. The SMILES string of the molecule is O=C1C2CC=C3C(CC4(Cl)C(=O)N(c5c(F)c(F)c(F)c(F)c5F)C(=O)C4(Cl)C3c3ccc(O)c4ccccc34)C2C(=O)N1c1cc(C(F)(F)F)cc(C(F)(F)F)c1. The van der Waals surface area contributed by atoms with Crippen molar-refractivity contribution in [2.45, 2.75) is 40.9 Å². The van der Waals surface area contributed by atoms with E-state index in [2.05, 4.69) is 0 Å². The number of phenols is 1. The van der Waals surface area contributed by atoms with Gasteiger partial charge in [-0.25, -0.2) is 31.8 Å². The summed E-state index contributed by atoms with van der Waals surface area (Å²) >= 11 is 14.3. The fraction of sp³-hybridized carbons (Fsp3) is 0.263. The molecule has 2 aliphatic carbocycles. The van der Waals surface area contributed by atoms with Crippen LogP contribution in [0.3, 0.4) is 0 Å². The van der Waals surface area contributed by atoms with Gasteiger partial charge in [-0.15, -0.1) is 23.2 Å². The molecule has 4 aromatic carbocycles. The summed E-state index contributed by atoms with van der Waals surface area (Å²) in [5, 5.41) is 10.9. The summed E-state index contributed by atoms with van der Waals surface area (Å²) < 4.78 is 157. The van der Waals surface area contributed by atoms with E-state index in [0.717, 1.165) is 6.07 Å². The number of anilines is 2. The summed E-state index contributed by atoms with van der Waals surface area (Å²) in [6.07, 6.45) is -10.9. The molecular formula is C38H19Cl2F11N2O5. The zero-order valence-corrected chi connectivity index (χ0v) is 29.9. The standard InChI is InChI=1S/C38H19Cl2F11N2O5/c39-35-12-21-19(5-6-20-23(21)32(56)52(31(20)55)15-10-13(37(46,47)48)9-14(11-15)38(49,50)51)24(18-7-8-22(54)17-4-2-1-3-16(17)18)36(35,40)34(58)53(33(35)57)30-28(44)26(42)25(41)27(43)29(30)45/h1-5,7-11,20-21,23-24,54H,6,12H2. The lowest BCUT2D eigenvalue weighted by Gasteiger charge is -2.51. The third-order valence-corrected chi connectivity index (χ3v) is 12.7. The van der Waals surface area contributed by atoms with Gasteiger partial charge in [0, 0.05) is 11.3 Å². The van der Waals surface area contributed by atoms with Gasteiger partial charge in [-0.05, 0) is 54.0 Å². The number of halogens is 13. The minimum absolute atomic E-state index is 0.0374. The molecule has 58 heavy (non-hydrogen) atoms. The van der Waals surface area contributed by atoms with E-state index < -0.39 is 139 Å². The van der Waals surface area contributed by atoms with Gasteiger partial charge in [-0.1, -0.05) is 42.0 Å². The first-order chi connectivity index (χ1) is 27.0. The highest BCUT2D eigenvalue weighted by Crippen LogP contribution is 2.67. The lowest BCUT2D eigenvalue weighted by Crippen LogP contribution is -2.60. The molecule has 3 fully saturated rings. The maximum absolute atomic E-state index is 15.4. The Morgan fingerprint density at radius 2 is 1.22 bits per heavy atom. The van der Waals surface area contributed by atoms with E-state index in [4.69, 9.17) is 23.2 Å². The molecular weight excluding hydrogens is 844 g/mol. The maximum atomic E-state index is 15.4. The smallest absolute Gasteiger partial charge is 0.416 e. The van der Waals surface area contributed by atoms with Crippen molar-refractivity contribution in [1.82, 2.24) is 0 Å². The normalized spacial score (nSPS) is 27.3. The number of hydrogen-bond acceptors (Lipinski definition) is 5. The number of rotatable bonds is 3. The zero-order valence-electron chi connectivity index (χ0n) is 28.4. The van der Waals surface area contributed by atoms with Crippen LogP contribution < -0.4 is 9.80 Å². The molecule has 0 radical (unpaired) electrons.